The third kappa shape index (κ3) is 4.29. The van der Waals surface area contributed by atoms with Gasteiger partial charge >= 0.3 is 0 Å². The molecule has 0 saturated carbocycles. The summed E-state index contributed by atoms with van der Waals surface area (Å²) in [7, 11) is 0. The molecule has 2 aromatic rings. The van der Waals surface area contributed by atoms with Crippen LogP contribution in [-0.4, -0.2) is 36.0 Å². The van der Waals surface area contributed by atoms with Gasteiger partial charge in [-0.3, -0.25) is 9.98 Å². The van der Waals surface area contributed by atoms with Crippen LogP contribution in [0.4, 0.5) is 10.2 Å². The maximum atomic E-state index is 14.1. The van der Waals surface area contributed by atoms with Gasteiger partial charge in [-0.15, -0.1) is 0 Å². The van der Waals surface area contributed by atoms with E-state index in [0.29, 0.717) is 46.1 Å². The van der Waals surface area contributed by atoms with Crippen molar-refractivity contribution in [3.05, 3.63) is 64.7 Å². The van der Waals surface area contributed by atoms with Crippen molar-refractivity contribution in [2.24, 2.45) is 26.4 Å². The summed E-state index contributed by atoms with van der Waals surface area (Å²) in [5, 5.41) is 0. The summed E-state index contributed by atoms with van der Waals surface area (Å²) in [6.45, 7) is 4.42. The number of hydrogen-bond acceptors (Lipinski definition) is 7. The van der Waals surface area contributed by atoms with Crippen LogP contribution >= 0.6 is 0 Å². The maximum absolute atomic E-state index is 14.1. The summed E-state index contributed by atoms with van der Waals surface area (Å²) in [4.78, 5) is 17.6. The molecular weight excluding hydrogens is 385 g/mol. The number of rotatable bonds is 1. The monoisotopic (exact) mass is 409 g/mol. The molecule has 0 amide bonds. The number of benzene rings is 1. The number of aliphatic imine (C=N–C) groups is 3. The van der Waals surface area contributed by atoms with Crippen molar-refractivity contribution in [1.82, 2.24) is 4.98 Å². The number of anilines is 1. The second-order valence-electron chi connectivity index (χ2n) is 6.53. The number of ether oxygens (including phenoxy) is 1. The Labute approximate surface area is 174 Å². The average molecular weight is 409 g/mol. The van der Waals surface area contributed by atoms with Crippen LogP contribution in [0.5, 0.6) is 5.75 Å². The number of nitrogens with zero attached hydrogens (tertiary/aromatic N) is 4. The second kappa shape index (κ2) is 9.17. The van der Waals surface area contributed by atoms with Crippen molar-refractivity contribution >= 4 is 23.7 Å². The predicted molar refractivity (Wildman–Crippen MR) is 118 cm³/mol. The molecule has 3 rings (SSSR count). The van der Waals surface area contributed by atoms with E-state index in [1.165, 1.54) is 18.3 Å². The quantitative estimate of drug-likeness (QED) is 0.490. The van der Waals surface area contributed by atoms with Crippen molar-refractivity contribution in [1.29, 1.82) is 0 Å². The highest BCUT2D eigenvalue weighted by molar-refractivity contribution is 6.13. The van der Waals surface area contributed by atoms with Gasteiger partial charge in [-0.1, -0.05) is 0 Å². The topological polar surface area (TPSA) is 137 Å². The fourth-order valence-electron chi connectivity index (χ4n) is 3.18. The Hall–Kier alpha value is -3.75. The normalized spacial score (nSPS) is 19.7. The summed E-state index contributed by atoms with van der Waals surface area (Å²) < 4.78 is 20.1. The Morgan fingerprint density at radius 3 is 2.80 bits per heavy atom. The smallest absolute Gasteiger partial charge is 0.166 e. The fraction of sp³-hybridized carbons (Fsp3) is 0.238. The fourth-order valence-corrected chi connectivity index (χ4v) is 3.18. The number of nitrogens with two attached hydrogens (primary N) is 3. The standard InChI is InChI=1S/C21H24FN7O/c1-3-26-19-13-6-18(20(25)27-9-13)30-12(2)17-7-15(22)4-5-16(17)21(29-11-24)28-10-14(19)8-23/h4-9,11-12H,3,10,23H2,1-2H3,(H2,25,27)(H2,24,28,29). The summed E-state index contributed by atoms with van der Waals surface area (Å²) in [5.41, 5.74) is 20.6. The van der Waals surface area contributed by atoms with Crippen molar-refractivity contribution < 1.29 is 9.13 Å². The van der Waals surface area contributed by atoms with Gasteiger partial charge in [0.2, 0.25) is 0 Å². The summed E-state index contributed by atoms with van der Waals surface area (Å²) >= 11 is 0. The van der Waals surface area contributed by atoms with Crippen LogP contribution in [0.25, 0.3) is 0 Å². The van der Waals surface area contributed by atoms with Gasteiger partial charge in [-0.2, -0.15) is 0 Å². The van der Waals surface area contributed by atoms with E-state index in [1.54, 1.807) is 25.3 Å². The van der Waals surface area contributed by atoms with E-state index < -0.39 is 11.9 Å². The highest BCUT2D eigenvalue weighted by atomic mass is 19.1. The molecule has 1 aliphatic heterocycles. The first-order valence-corrected chi connectivity index (χ1v) is 9.45. The van der Waals surface area contributed by atoms with Gasteiger partial charge in [-0.05, 0) is 38.1 Å². The molecule has 0 fully saturated rings. The molecule has 2 bridgehead atoms. The largest absolute Gasteiger partial charge is 0.482 e. The van der Waals surface area contributed by atoms with E-state index in [0.717, 1.165) is 6.34 Å². The number of hydrogen-bond donors (Lipinski definition) is 3. The van der Waals surface area contributed by atoms with Crippen LogP contribution in [0.3, 0.4) is 0 Å². The van der Waals surface area contributed by atoms with Gasteiger partial charge in [0.15, 0.2) is 17.4 Å². The van der Waals surface area contributed by atoms with Crippen LogP contribution in [0.1, 0.15) is 36.6 Å². The third-order valence-electron chi connectivity index (χ3n) is 4.57. The first-order valence-electron chi connectivity index (χ1n) is 9.45. The van der Waals surface area contributed by atoms with Crippen LogP contribution in [0.15, 0.2) is 57.2 Å². The van der Waals surface area contributed by atoms with E-state index >= 15 is 0 Å². The Morgan fingerprint density at radius 1 is 1.30 bits per heavy atom. The lowest BCUT2D eigenvalue weighted by Crippen LogP contribution is -2.17. The van der Waals surface area contributed by atoms with E-state index in [2.05, 4.69) is 20.0 Å². The lowest BCUT2D eigenvalue weighted by Gasteiger charge is -2.21. The Kier molecular flexibility index (Phi) is 6.41. The Balaban J connectivity index is 2.28. The van der Waals surface area contributed by atoms with Crippen LogP contribution in [0.2, 0.25) is 0 Å². The van der Waals surface area contributed by atoms with Crippen LogP contribution < -0.4 is 21.9 Å². The van der Waals surface area contributed by atoms with Crippen LogP contribution in [-0.2, 0) is 0 Å². The maximum Gasteiger partial charge on any atom is 0.166 e. The second-order valence-corrected chi connectivity index (χ2v) is 6.53. The first kappa shape index (κ1) is 21.0. The van der Waals surface area contributed by atoms with E-state index in [9.17, 15) is 4.39 Å². The summed E-state index contributed by atoms with van der Waals surface area (Å²) in [6.07, 6.45) is 3.62. The number of pyridine rings is 1. The molecule has 1 aliphatic rings. The molecule has 0 radical (unpaired) electrons. The van der Waals surface area contributed by atoms with E-state index in [-0.39, 0.29) is 12.4 Å². The van der Waals surface area contributed by atoms with Gasteiger partial charge in [0, 0.05) is 41.2 Å². The number of nitrogen functional groups attached to an aromatic ring is 1. The number of halogens is 1. The number of amidine groups is 1. The zero-order valence-corrected chi connectivity index (χ0v) is 16.8. The molecule has 8 nitrogen and oxygen atoms in total. The lowest BCUT2D eigenvalue weighted by molar-refractivity contribution is 0.227. The van der Waals surface area contributed by atoms with Crippen molar-refractivity contribution in [3.63, 3.8) is 0 Å². The zero-order valence-electron chi connectivity index (χ0n) is 16.8. The van der Waals surface area contributed by atoms with E-state index in [1.807, 2.05) is 6.92 Å². The van der Waals surface area contributed by atoms with Gasteiger partial charge in [0.1, 0.15) is 11.9 Å². The number of fused-ring (bicyclic) bond motifs is 3. The molecule has 0 saturated heterocycles. The Morgan fingerprint density at radius 2 is 2.10 bits per heavy atom. The molecule has 1 aromatic heterocycles. The minimum Gasteiger partial charge on any atom is -0.482 e. The molecule has 1 aromatic carbocycles. The van der Waals surface area contributed by atoms with Gasteiger partial charge < -0.3 is 21.9 Å². The number of aromatic nitrogens is 1. The van der Waals surface area contributed by atoms with Crippen LogP contribution in [0, 0.1) is 5.82 Å². The SMILES string of the molecule is CCN=C1C(=CN)CN=C(N=CN)c2ccc(F)cc2C(C)Oc2cc1cnc2N. The highest BCUT2D eigenvalue weighted by Gasteiger charge is 2.21. The lowest BCUT2D eigenvalue weighted by atomic mass is 10.0. The molecule has 0 spiro atoms. The molecule has 156 valence electrons. The minimum atomic E-state index is -0.566. The van der Waals surface area contributed by atoms with Gasteiger partial charge in [-0.25, -0.2) is 14.4 Å². The van der Waals surface area contributed by atoms with Gasteiger partial charge in [0.25, 0.3) is 0 Å². The average Bonchev–Trinajstić information content (AvgIpc) is 2.73. The molecule has 1 unspecified atom stereocenters. The van der Waals surface area contributed by atoms with Gasteiger partial charge in [0.05, 0.1) is 18.6 Å². The van der Waals surface area contributed by atoms with Crippen molar-refractivity contribution in [2.75, 3.05) is 18.8 Å². The van der Waals surface area contributed by atoms with E-state index in [4.69, 9.17) is 21.9 Å². The molecule has 30 heavy (non-hydrogen) atoms. The molecular formula is C21H24FN7O. The molecule has 2 heterocycles. The van der Waals surface area contributed by atoms with Crippen molar-refractivity contribution in [3.8, 4) is 5.75 Å². The molecule has 1 atom stereocenters. The minimum absolute atomic E-state index is 0.188. The third-order valence-corrected chi connectivity index (χ3v) is 4.57. The zero-order chi connectivity index (χ0) is 21.7. The molecule has 9 heteroatoms. The molecule has 0 aliphatic carbocycles. The van der Waals surface area contributed by atoms with Crippen molar-refractivity contribution in [2.45, 2.75) is 20.0 Å². The highest BCUT2D eigenvalue weighted by Crippen LogP contribution is 2.30. The predicted octanol–water partition coefficient (Wildman–Crippen LogP) is 2.34. The molecule has 6 N–H and O–H groups in total. The summed E-state index contributed by atoms with van der Waals surface area (Å²) in [6, 6.07) is 6.05. The Bertz CT molecular complexity index is 1060. The first-order chi connectivity index (χ1) is 14.5. The summed E-state index contributed by atoms with van der Waals surface area (Å²) in [5.74, 6) is 0.487.